The maximum atomic E-state index is 12.8. The Morgan fingerprint density at radius 3 is 2.68 bits per heavy atom. The summed E-state index contributed by atoms with van der Waals surface area (Å²) in [6.45, 7) is 5.47. The van der Waals surface area contributed by atoms with E-state index >= 15 is 0 Å². The molecule has 1 N–H and O–H groups in total. The van der Waals surface area contributed by atoms with Gasteiger partial charge in [0.05, 0.1) is 25.0 Å². The number of nitrogens with one attached hydrogen (secondary N) is 1. The topological polar surface area (TPSA) is 78.3 Å². The van der Waals surface area contributed by atoms with Crippen LogP contribution in [0.3, 0.4) is 0 Å². The summed E-state index contributed by atoms with van der Waals surface area (Å²) in [5.41, 5.74) is 1.97. The first-order valence-corrected chi connectivity index (χ1v) is 11.4. The summed E-state index contributed by atoms with van der Waals surface area (Å²) in [4.78, 5) is 12.8. The molecule has 162 valence electrons. The second-order valence-corrected chi connectivity index (χ2v) is 8.60. The summed E-state index contributed by atoms with van der Waals surface area (Å²) in [5, 5.41) is 12.0. The summed E-state index contributed by atoms with van der Waals surface area (Å²) >= 11 is 1.36. The van der Waals surface area contributed by atoms with Gasteiger partial charge in [-0.15, -0.1) is 10.2 Å². The van der Waals surface area contributed by atoms with Crippen molar-refractivity contribution in [3.63, 3.8) is 0 Å². The molecule has 0 saturated carbocycles. The third-order valence-electron chi connectivity index (χ3n) is 5.00. The van der Waals surface area contributed by atoms with Crippen LogP contribution in [-0.2, 0) is 4.79 Å². The first kappa shape index (κ1) is 21.2. The SMILES string of the molecule is CC(C)C(NC(=O)CSc1nncn1-c1ccccc1)c1ccc2c(c1)OCCCO2. The number of nitrogens with zero attached hydrogens (tertiary/aromatic N) is 3. The smallest absolute Gasteiger partial charge is 0.230 e. The van der Waals surface area contributed by atoms with Gasteiger partial charge in [0, 0.05) is 12.1 Å². The average Bonchev–Trinajstić information content (AvgIpc) is 3.13. The van der Waals surface area contributed by atoms with Gasteiger partial charge in [0.15, 0.2) is 16.7 Å². The number of fused-ring (bicyclic) bond motifs is 1. The van der Waals surface area contributed by atoms with Crippen molar-refractivity contribution < 1.29 is 14.3 Å². The molecule has 1 amide bonds. The minimum Gasteiger partial charge on any atom is -0.490 e. The van der Waals surface area contributed by atoms with Crippen LogP contribution in [0.25, 0.3) is 5.69 Å². The quantitative estimate of drug-likeness (QED) is 0.561. The molecule has 1 atom stereocenters. The van der Waals surface area contributed by atoms with E-state index < -0.39 is 0 Å². The van der Waals surface area contributed by atoms with Crippen LogP contribution in [0.1, 0.15) is 31.9 Å². The lowest BCUT2D eigenvalue weighted by molar-refractivity contribution is -0.119. The Morgan fingerprint density at radius 1 is 1.13 bits per heavy atom. The minimum atomic E-state index is -0.128. The van der Waals surface area contributed by atoms with Crippen LogP contribution in [0, 0.1) is 5.92 Å². The summed E-state index contributed by atoms with van der Waals surface area (Å²) in [6.07, 6.45) is 2.52. The van der Waals surface area contributed by atoms with E-state index in [4.69, 9.17) is 9.47 Å². The van der Waals surface area contributed by atoms with Crippen molar-refractivity contribution in [2.24, 2.45) is 5.92 Å². The summed E-state index contributed by atoms with van der Waals surface area (Å²) in [5.74, 6) is 1.90. The molecule has 3 aromatic rings. The third-order valence-corrected chi connectivity index (χ3v) is 5.94. The zero-order valence-electron chi connectivity index (χ0n) is 17.7. The maximum absolute atomic E-state index is 12.8. The molecule has 0 spiro atoms. The highest BCUT2D eigenvalue weighted by Crippen LogP contribution is 2.34. The van der Waals surface area contributed by atoms with E-state index in [1.165, 1.54) is 11.8 Å². The van der Waals surface area contributed by atoms with Gasteiger partial charge < -0.3 is 14.8 Å². The number of para-hydroxylation sites is 1. The average molecular weight is 439 g/mol. The molecule has 1 aliphatic heterocycles. The van der Waals surface area contributed by atoms with Crippen molar-refractivity contribution in [2.45, 2.75) is 31.5 Å². The number of aromatic nitrogens is 3. The predicted octanol–water partition coefficient (Wildman–Crippen LogP) is 4.03. The van der Waals surface area contributed by atoms with Crippen molar-refractivity contribution in [3.05, 3.63) is 60.4 Å². The second kappa shape index (κ2) is 9.87. The van der Waals surface area contributed by atoms with Crippen molar-refractivity contribution in [2.75, 3.05) is 19.0 Å². The largest absolute Gasteiger partial charge is 0.490 e. The van der Waals surface area contributed by atoms with Crippen LogP contribution in [0.15, 0.2) is 60.0 Å². The standard InChI is InChI=1S/C23H26N4O3S/c1-16(2)22(17-9-10-19-20(13-17)30-12-6-11-29-19)25-21(28)14-31-23-26-24-15-27(23)18-7-4-3-5-8-18/h3-5,7-10,13,15-16,22H,6,11-12,14H2,1-2H3,(H,25,28). The van der Waals surface area contributed by atoms with Gasteiger partial charge in [0.1, 0.15) is 6.33 Å². The number of hydrogen-bond acceptors (Lipinski definition) is 6. The van der Waals surface area contributed by atoms with Gasteiger partial charge in [-0.2, -0.15) is 0 Å². The Bertz CT molecular complexity index is 1020. The molecular weight excluding hydrogens is 412 g/mol. The van der Waals surface area contributed by atoms with E-state index in [2.05, 4.69) is 29.4 Å². The molecule has 0 fully saturated rings. The monoisotopic (exact) mass is 438 g/mol. The fraction of sp³-hybridized carbons (Fsp3) is 0.348. The van der Waals surface area contributed by atoms with Crippen LogP contribution in [0.2, 0.25) is 0 Å². The highest BCUT2D eigenvalue weighted by atomic mass is 32.2. The zero-order chi connectivity index (χ0) is 21.6. The van der Waals surface area contributed by atoms with Gasteiger partial charge in [-0.25, -0.2) is 0 Å². The van der Waals surface area contributed by atoms with E-state index in [0.717, 1.165) is 29.2 Å². The second-order valence-electron chi connectivity index (χ2n) is 7.65. The van der Waals surface area contributed by atoms with Crippen molar-refractivity contribution in [1.29, 1.82) is 0 Å². The Balaban J connectivity index is 1.42. The third kappa shape index (κ3) is 5.19. The Kier molecular flexibility index (Phi) is 6.76. The molecule has 4 rings (SSSR count). The lowest BCUT2D eigenvalue weighted by Crippen LogP contribution is -2.33. The molecule has 0 radical (unpaired) electrons. The van der Waals surface area contributed by atoms with E-state index in [-0.39, 0.29) is 23.6 Å². The van der Waals surface area contributed by atoms with Crippen LogP contribution in [0.4, 0.5) is 0 Å². The summed E-state index contributed by atoms with van der Waals surface area (Å²) in [6, 6.07) is 15.6. The highest BCUT2D eigenvalue weighted by Gasteiger charge is 2.21. The Labute approximate surface area is 186 Å². The van der Waals surface area contributed by atoms with Gasteiger partial charge in [-0.1, -0.05) is 49.9 Å². The minimum absolute atomic E-state index is 0.0570. The summed E-state index contributed by atoms with van der Waals surface area (Å²) < 4.78 is 13.4. The molecule has 0 bridgehead atoms. The molecule has 0 aliphatic carbocycles. The van der Waals surface area contributed by atoms with E-state index in [9.17, 15) is 4.79 Å². The van der Waals surface area contributed by atoms with Gasteiger partial charge >= 0.3 is 0 Å². The molecular formula is C23H26N4O3S. The normalized spacial score (nSPS) is 14.2. The first-order chi connectivity index (χ1) is 15.1. The van der Waals surface area contributed by atoms with Gasteiger partial charge in [-0.3, -0.25) is 9.36 Å². The van der Waals surface area contributed by atoms with E-state index in [0.29, 0.717) is 18.4 Å². The number of benzene rings is 2. The number of thioether (sulfide) groups is 1. The molecule has 2 aromatic carbocycles. The molecule has 8 heteroatoms. The molecule has 7 nitrogen and oxygen atoms in total. The Morgan fingerprint density at radius 2 is 1.90 bits per heavy atom. The number of ether oxygens (including phenoxy) is 2. The zero-order valence-corrected chi connectivity index (χ0v) is 18.5. The molecule has 31 heavy (non-hydrogen) atoms. The van der Waals surface area contributed by atoms with E-state index in [1.54, 1.807) is 6.33 Å². The maximum Gasteiger partial charge on any atom is 0.230 e. The number of carbonyl (C=O) groups excluding carboxylic acids is 1. The van der Waals surface area contributed by atoms with Gasteiger partial charge in [0.25, 0.3) is 0 Å². The number of carbonyl (C=O) groups is 1. The first-order valence-electron chi connectivity index (χ1n) is 10.4. The lowest BCUT2D eigenvalue weighted by Gasteiger charge is -2.24. The molecule has 2 heterocycles. The van der Waals surface area contributed by atoms with Crippen LogP contribution >= 0.6 is 11.8 Å². The Hall–Kier alpha value is -3.00. The van der Waals surface area contributed by atoms with Crippen LogP contribution in [0.5, 0.6) is 11.5 Å². The number of hydrogen-bond donors (Lipinski definition) is 1. The molecule has 0 saturated heterocycles. The fourth-order valence-electron chi connectivity index (χ4n) is 3.44. The van der Waals surface area contributed by atoms with Crippen molar-refractivity contribution in [1.82, 2.24) is 20.1 Å². The number of amides is 1. The predicted molar refractivity (Wildman–Crippen MR) is 120 cm³/mol. The molecule has 1 unspecified atom stereocenters. The van der Waals surface area contributed by atoms with E-state index in [1.807, 2.05) is 53.1 Å². The molecule has 1 aromatic heterocycles. The van der Waals surface area contributed by atoms with Crippen LogP contribution in [-0.4, -0.2) is 39.6 Å². The van der Waals surface area contributed by atoms with Crippen LogP contribution < -0.4 is 14.8 Å². The lowest BCUT2D eigenvalue weighted by atomic mass is 9.95. The summed E-state index contributed by atoms with van der Waals surface area (Å²) in [7, 11) is 0. The van der Waals surface area contributed by atoms with Crippen molar-refractivity contribution >= 4 is 17.7 Å². The van der Waals surface area contributed by atoms with Gasteiger partial charge in [-0.05, 0) is 35.7 Å². The number of rotatable bonds is 7. The van der Waals surface area contributed by atoms with Crippen molar-refractivity contribution in [3.8, 4) is 17.2 Å². The highest BCUT2D eigenvalue weighted by molar-refractivity contribution is 7.99. The fourth-order valence-corrected chi connectivity index (χ4v) is 4.18. The molecule has 1 aliphatic rings. The van der Waals surface area contributed by atoms with Gasteiger partial charge in [0.2, 0.25) is 5.91 Å².